The minimum Gasteiger partial charge on any atom is -0.335 e. The summed E-state index contributed by atoms with van der Waals surface area (Å²) in [5, 5.41) is 0. The highest BCUT2D eigenvalue weighted by atomic mass is 16.2. The summed E-state index contributed by atoms with van der Waals surface area (Å²) in [7, 11) is 0. The van der Waals surface area contributed by atoms with Gasteiger partial charge in [-0.15, -0.1) is 0 Å². The molecular formula is C17H22N2O2. The van der Waals surface area contributed by atoms with E-state index in [-0.39, 0.29) is 11.5 Å². The molecule has 1 aromatic heterocycles. The molecule has 2 bridgehead atoms. The van der Waals surface area contributed by atoms with Gasteiger partial charge in [-0.1, -0.05) is 6.42 Å². The van der Waals surface area contributed by atoms with Crippen molar-refractivity contribution in [1.82, 2.24) is 9.88 Å². The summed E-state index contributed by atoms with van der Waals surface area (Å²) in [5.41, 5.74) is 2.41. The molecule has 112 valence electrons. The Balaban J connectivity index is 1.67. The van der Waals surface area contributed by atoms with Crippen molar-refractivity contribution >= 4 is 5.91 Å². The number of aromatic nitrogens is 1. The number of nitrogens with zero attached hydrogens (tertiary/aromatic N) is 1. The minimum atomic E-state index is -0.191. The van der Waals surface area contributed by atoms with Crippen molar-refractivity contribution < 1.29 is 4.79 Å². The van der Waals surface area contributed by atoms with Gasteiger partial charge in [0, 0.05) is 18.3 Å². The Morgan fingerprint density at radius 1 is 1.19 bits per heavy atom. The highest BCUT2D eigenvalue weighted by Crippen LogP contribution is 2.37. The lowest BCUT2D eigenvalue weighted by Crippen LogP contribution is -2.40. The number of aromatic amines is 1. The van der Waals surface area contributed by atoms with Crippen molar-refractivity contribution in [3.05, 3.63) is 33.2 Å². The van der Waals surface area contributed by atoms with Gasteiger partial charge >= 0.3 is 0 Å². The van der Waals surface area contributed by atoms with Gasteiger partial charge in [0.15, 0.2) is 0 Å². The number of likely N-dealkylation sites (tertiary alicyclic amines) is 1. The maximum Gasteiger partial charge on any atom is 0.261 e. The van der Waals surface area contributed by atoms with E-state index in [9.17, 15) is 9.59 Å². The van der Waals surface area contributed by atoms with Crippen LogP contribution in [0.1, 0.15) is 60.1 Å². The van der Waals surface area contributed by atoms with Gasteiger partial charge in [-0.2, -0.15) is 0 Å². The third-order valence-electron chi connectivity index (χ3n) is 5.49. The molecule has 0 aromatic carbocycles. The van der Waals surface area contributed by atoms with Gasteiger partial charge in [0.2, 0.25) is 0 Å². The molecule has 21 heavy (non-hydrogen) atoms. The number of rotatable bonds is 1. The van der Waals surface area contributed by atoms with Crippen LogP contribution < -0.4 is 5.56 Å². The van der Waals surface area contributed by atoms with Crippen molar-refractivity contribution in [1.29, 1.82) is 0 Å². The molecule has 0 radical (unpaired) electrons. The van der Waals surface area contributed by atoms with Crippen LogP contribution in [0.2, 0.25) is 0 Å². The maximum absolute atomic E-state index is 12.7. The summed E-state index contributed by atoms with van der Waals surface area (Å²) in [4.78, 5) is 30.0. The number of carbonyl (C=O) groups is 1. The highest BCUT2D eigenvalue weighted by Gasteiger charge is 2.41. The molecule has 2 heterocycles. The average molecular weight is 286 g/mol. The zero-order valence-corrected chi connectivity index (χ0v) is 12.4. The van der Waals surface area contributed by atoms with Gasteiger partial charge in [0.25, 0.3) is 11.5 Å². The Morgan fingerprint density at radius 2 is 2.05 bits per heavy atom. The van der Waals surface area contributed by atoms with E-state index in [1.165, 1.54) is 18.4 Å². The Labute approximate surface area is 124 Å². The van der Waals surface area contributed by atoms with Crippen LogP contribution in [0.5, 0.6) is 0 Å². The number of fused-ring (bicyclic) bond motifs is 3. The first-order valence-electron chi connectivity index (χ1n) is 8.28. The van der Waals surface area contributed by atoms with Crippen LogP contribution in [0, 0.1) is 5.92 Å². The molecule has 2 atom stereocenters. The second-order valence-electron chi connectivity index (χ2n) is 6.87. The van der Waals surface area contributed by atoms with Crippen molar-refractivity contribution in [3.8, 4) is 0 Å². The summed E-state index contributed by atoms with van der Waals surface area (Å²) in [5.74, 6) is 0.620. The first kappa shape index (κ1) is 13.1. The van der Waals surface area contributed by atoms with Gasteiger partial charge in [-0.25, -0.2) is 0 Å². The van der Waals surface area contributed by atoms with Crippen LogP contribution in [-0.4, -0.2) is 28.4 Å². The SMILES string of the molecule is O=C(c1cc2c([nH]c1=O)CCCCC2)N1CC2CCC1C2. The first-order valence-corrected chi connectivity index (χ1v) is 8.28. The van der Waals surface area contributed by atoms with Gasteiger partial charge in [0.1, 0.15) is 5.56 Å². The molecule has 4 nitrogen and oxygen atoms in total. The van der Waals surface area contributed by atoms with Gasteiger partial charge in [-0.05, 0) is 62.5 Å². The molecule has 1 N–H and O–H groups in total. The third-order valence-corrected chi connectivity index (χ3v) is 5.49. The molecule has 4 heteroatoms. The van der Waals surface area contributed by atoms with Crippen molar-refractivity contribution in [2.24, 2.45) is 5.92 Å². The van der Waals surface area contributed by atoms with Gasteiger partial charge in [-0.3, -0.25) is 9.59 Å². The lowest BCUT2D eigenvalue weighted by molar-refractivity contribution is 0.0701. The molecule has 2 unspecified atom stereocenters. The topological polar surface area (TPSA) is 53.2 Å². The van der Waals surface area contributed by atoms with Crippen molar-refractivity contribution in [3.63, 3.8) is 0 Å². The zero-order chi connectivity index (χ0) is 14.4. The fourth-order valence-corrected chi connectivity index (χ4v) is 4.34. The molecule has 1 saturated carbocycles. The number of piperidine rings is 1. The molecule has 1 aromatic rings. The molecule has 0 spiro atoms. The van der Waals surface area contributed by atoms with E-state index >= 15 is 0 Å². The molecular weight excluding hydrogens is 264 g/mol. The van der Waals surface area contributed by atoms with Crippen LogP contribution in [0.25, 0.3) is 0 Å². The smallest absolute Gasteiger partial charge is 0.261 e. The number of aryl methyl sites for hydroxylation is 2. The number of H-pyrrole nitrogens is 1. The van der Waals surface area contributed by atoms with Crippen LogP contribution in [0.4, 0.5) is 0 Å². The normalized spacial score (nSPS) is 27.5. The summed E-state index contributed by atoms with van der Waals surface area (Å²) in [6.45, 7) is 0.847. The maximum atomic E-state index is 12.7. The van der Waals surface area contributed by atoms with Crippen LogP contribution in [0.3, 0.4) is 0 Å². The third kappa shape index (κ3) is 2.21. The summed E-state index contributed by atoms with van der Waals surface area (Å²) in [6.07, 6.45) is 8.90. The van der Waals surface area contributed by atoms with Crippen molar-refractivity contribution in [2.45, 2.75) is 57.4 Å². The molecule has 2 fully saturated rings. The lowest BCUT2D eigenvalue weighted by atomic mass is 10.0. The Hall–Kier alpha value is -1.58. The predicted molar refractivity (Wildman–Crippen MR) is 80.5 cm³/mol. The Kier molecular flexibility index (Phi) is 3.12. The second-order valence-corrected chi connectivity index (χ2v) is 6.87. The zero-order valence-electron chi connectivity index (χ0n) is 12.4. The number of carbonyl (C=O) groups excluding carboxylic acids is 1. The molecule has 1 aliphatic heterocycles. The lowest BCUT2D eigenvalue weighted by Gasteiger charge is -2.27. The number of hydrogen-bond donors (Lipinski definition) is 1. The average Bonchev–Trinajstić information content (AvgIpc) is 3.04. The second kappa shape index (κ2) is 5.00. The van der Waals surface area contributed by atoms with E-state index in [2.05, 4.69) is 4.98 Å². The molecule has 3 aliphatic rings. The molecule has 1 saturated heterocycles. The molecule has 4 rings (SSSR count). The predicted octanol–water partition coefficient (Wildman–Crippen LogP) is 2.27. The van der Waals surface area contributed by atoms with Crippen LogP contribution in [-0.2, 0) is 12.8 Å². The summed E-state index contributed by atoms with van der Waals surface area (Å²) >= 11 is 0. The summed E-state index contributed by atoms with van der Waals surface area (Å²) in [6, 6.07) is 2.26. The number of pyridine rings is 1. The van der Waals surface area contributed by atoms with E-state index in [0.717, 1.165) is 50.8 Å². The molecule has 2 aliphatic carbocycles. The number of amides is 1. The van der Waals surface area contributed by atoms with Gasteiger partial charge < -0.3 is 9.88 Å². The standard InChI is InChI=1S/C17H22N2O2/c20-16-14(9-12-4-2-1-3-5-15(12)18-16)17(21)19-10-11-6-7-13(19)8-11/h9,11,13H,1-8,10H2,(H,18,20). The highest BCUT2D eigenvalue weighted by molar-refractivity contribution is 5.94. The van der Waals surface area contributed by atoms with Crippen LogP contribution >= 0.6 is 0 Å². The largest absolute Gasteiger partial charge is 0.335 e. The number of nitrogens with one attached hydrogen (secondary N) is 1. The minimum absolute atomic E-state index is 0.0458. The quantitative estimate of drug-likeness (QED) is 0.805. The van der Waals surface area contributed by atoms with E-state index < -0.39 is 0 Å². The van der Waals surface area contributed by atoms with E-state index in [1.807, 2.05) is 11.0 Å². The monoisotopic (exact) mass is 286 g/mol. The van der Waals surface area contributed by atoms with E-state index in [0.29, 0.717) is 17.5 Å². The fourth-order valence-electron chi connectivity index (χ4n) is 4.34. The number of hydrogen-bond acceptors (Lipinski definition) is 2. The van der Waals surface area contributed by atoms with E-state index in [4.69, 9.17) is 0 Å². The fraction of sp³-hybridized carbons (Fsp3) is 0.647. The first-order chi connectivity index (χ1) is 10.2. The Morgan fingerprint density at radius 3 is 2.81 bits per heavy atom. The molecule has 1 amide bonds. The van der Waals surface area contributed by atoms with Crippen molar-refractivity contribution in [2.75, 3.05) is 6.54 Å². The Bertz CT molecular complexity index is 634. The van der Waals surface area contributed by atoms with Crippen LogP contribution in [0.15, 0.2) is 10.9 Å². The van der Waals surface area contributed by atoms with E-state index in [1.54, 1.807) is 0 Å². The van der Waals surface area contributed by atoms with Gasteiger partial charge in [0.05, 0.1) is 0 Å². The summed E-state index contributed by atoms with van der Waals surface area (Å²) < 4.78 is 0.